The molecule has 3 N–H and O–H groups in total. The summed E-state index contributed by atoms with van der Waals surface area (Å²) in [6.45, 7) is 3.39. The van der Waals surface area contributed by atoms with E-state index in [2.05, 4.69) is 30.8 Å². The molecule has 1 fully saturated rings. The van der Waals surface area contributed by atoms with Gasteiger partial charge in [0.25, 0.3) is 0 Å². The molecular formula is C19H23FN6O. The van der Waals surface area contributed by atoms with Gasteiger partial charge in [0, 0.05) is 44.1 Å². The summed E-state index contributed by atoms with van der Waals surface area (Å²) in [5.74, 6) is 2.06. The van der Waals surface area contributed by atoms with Crippen molar-refractivity contribution in [3.63, 3.8) is 0 Å². The van der Waals surface area contributed by atoms with Crippen LogP contribution in [0.5, 0.6) is 0 Å². The Morgan fingerprint density at radius 2 is 1.93 bits per heavy atom. The lowest BCUT2D eigenvalue weighted by Gasteiger charge is -2.24. The van der Waals surface area contributed by atoms with E-state index in [0.717, 1.165) is 31.7 Å². The van der Waals surface area contributed by atoms with Crippen molar-refractivity contribution in [2.45, 2.75) is 25.8 Å². The Morgan fingerprint density at radius 1 is 1.11 bits per heavy atom. The molecule has 7 nitrogen and oxygen atoms in total. The first-order chi connectivity index (χ1) is 13.2. The molecule has 0 amide bonds. The van der Waals surface area contributed by atoms with Crippen LogP contribution in [-0.2, 0) is 4.74 Å². The molecule has 3 aromatic rings. The molecule has 1 aliphatic heterocycles. The highest BCUT2D eigenvalue weighted by Crippen LogP contribution is 2.24. The number of H-pyrrole nitrogens is 1. The van der Waals surface area contributed by atoms with E-state index in [1.54, 1.807) is 12.1 Å². The van der Waals surface area contributed by atoms with Gasteiger partial charge in [0.15, 0.2) is 11.6 Å². The summed E-state index contributed by atoms with van der Waals surface area (Å²) in [5.41, 5.74) is 1.56. The number of halogens is 1. The third-order valence-electron chi connectivity index (χ3n) is 4.34. The number of nitrogens with one attached hydrogen (secondary N) is 3. The lowest BCUT2D eigenvalue weighted by molar-refractivity contribution is 0.0904. The van der Waals surface area contributed by atoms with Gasteiger partial charge in [-0.15, -0.1) is 0 Å². The van der Waals surface area contributed by atoms with Crippen molar-refractivity contribution in [2.75, 3.05) is 23.8 Å². The van der Waals surface area contributed by atoms with Crippen LogP contribution in [0.2, 0.25) is 0 Å². The van der Waals surface area contributed by atoms with Crippen LogP contribution in [0.1, 0.15) is 20.0 Å². The van der Waals surface area contributed by atoms with E-state index in [1.165, 1.54) is 12.1 Å². The fourth-order valence-corrected chi connectivity index (χ4v) is 3.01. The zero-order valence-corrected chi connectivity index (χ0v) is 15.0. The maximum absolute atomic E-state index is 13.7. The van der Waals surface area contributed by atoms with Crippen LogP contribution in [0.3, 0.4) is 0 Å². The quantitative estimate of drug-likeness (QED) is 0.631. The summed E-state index contributed by atoms with van der Waals surface area (Å²) >= 11 is 0. The smallest absolute Gasteiger partial charge is 0.163 e. The third kappa shape index (κ3) is 4.40. The van der Waals surface area contributed by atoms with Crippen molar-refractivity contribution in [2.24, 2.45) is 0 Å². The Balaban J connectivity index is 0.00000225. The monoisotopic (exact) mass is 370 g/mol. The molecule has 1 aliphatic rings. The molecule has 3 heterocycles. The summed E-state index contributed by atoms with van der Waals surface area (Å²) < 4.78 is 19.1. The van der Waals surface area contributed by atoms with Crippen molar-refractivity contribution in [1.82, 2.24) is 20.2 Å². The summed E-state index contributed by atoms with van der Waals surface area (Å²) in [5, 5.41) is 13.7. The van der Waals surface area contributed by atoms with Gasteiger partial charge in [0.2, 0.25) is 0 Å². The first kappa shape index (κ1) is 17.4. The van der Waals surface area contributed by atoms with E-state index in [9.17, 15) is 4.39 Å². The van der Waals surface area contributed by atoms with Crippen LogP contribution in [0.15, 0.2) is 36.4 Å². The molecule has 0 saturated carbocycles. The molecule has 1 saturated heterocycles. The number of hydrogen-bond donors (Lipinski definition) is 3. The van der Waals surface area contributed by atoms with Crippen molar-refractivity contribution < 1.29 is 10.6 Å². The summed E-state index contributed by atoms with van der Waals surface area (Å²) in [7, 11) is 0. The average Bonchev–Trinajstić information content (AvgIpc) is 3.07. The molecule has 0 atom stereocenters. The number of aromatic amines is 1. The van der Waals surface area contributed by atoms with Gasteiger partial charge >= 0.3 is 0 Å². The lowest BCUT2D eigenvalue weighted by Crippen LogP contribution is -2.28. The fraction of sp³-hybridized carbons (Fsp3) is 0.316. The number of aromatic nitrogens is 4. The number of benzene rings is 1. The Hall–Kier alpha value is -3.00. The zero-order valence-electron chi connectivity index (χ0n) is 15.0. The van der Waals surface area contributed by atoms with Crippen molar-refractivity contribution >= 4 is 17.5 Å². The second-order valence-corrected chi connectivity index (χ2v) is 6.56. The molecule has 0 radical (unpaired) electrons. The molecule has 4 rings (SSSR count). The SMILES string of the molecule is Cc1cc(Nc2cc(NC3CCOCC3)nc(-c3cccc(F)c3)n2)n[nH]1.[HH]. The highest BCUT2D eigenvalue weighted by atomic mass is 19.1. The molecule has 1 aromatic carbocycles. The van der Waals surface area contributed by atoms with Crippen LogP contribution in [0, 0.1) is 12.7 Å². The number of hydrogen-bond acceptors (Lipinski definition) is 6. The van der Waals surface area contributed by atoms with Gasteiger partial charge in [-0.2, -0.15) is 5.10 Å². The Morgan fingerprint density at radius 3 is 2.67 bits per heavy atom. The van der Waals surface area contributed by atoms with Crippen LogP contribution >= 0.6 is 0 Å². The zero-order chi connectivity index (χ0) is 18.6. The van der Waals surface area contributed by atoms with Crippen molar-refractivity contribution in [3.8, 4) is 11.4 Å². The third-order valence-corrected chi connectivity index (χ3v) is 4.34. The Bertz CT molecular complexity index is 928. The van der Waals surface area contributed by atoms with E-state index < -0.39 is 0 Å². The maximum Gasteiger partial charge on any atom is 0.163 e. The van der Waals surface area contributed by atoms with E-state index in [4.69, 9.17) is 4.74 Å². The largest absolute Gasteiger partial charge is 0.381 e. The Kier molecular flexibility index (Phi) is 4.97. The maximum atomic E-state index is 13.7. The summed E-state index contributed by atoms with van der Waals surface area (Å²) in [6, 6.07) is 10.3. The molecule has 2 aromatic heterocycles. The molecule has 27 heavy (non-hydrogen) atoms. The van der Waals surface area contributed by atoms with Crippen LogP contribution in [-0.4, -0.2) is 39.4 Å². The molecule has 0 spiro atoms. The van der Waals surface area contributed by atoms with Gasteiger partial charge in [0.05, 0.1) is 0 Å². The van der Waals surface area contributed by atoms with Crippen molar-refractivity contribution in [3.05, 3.63) is 47.9 Å². The molecule has 8 heteroatoms. The van der Waals surface area contributed by atoms with E-state index in [1.807, 2.05) is 19.1 Å². The van der Waals surface area contributed by atoms with Gasteiger partial charge in [0.1, 0.15) is 17.5 Å². The highest BCUT2D eigenvalue weighted by Gasteiger charge is 2.16. The second kappa shape index (κ2) is 7.71. The number of nitrogens with zero attached hydrogens (tertiary/aromatic N) is 3. The normalized spacial score (nSPS) is 14.9. The van der Waals surface area contributed by atoms with Gasteiger partial charge in [-0.3, -0.25) is 5.10 Å². The van der Waals surface area contributed by atoms with Gasteiger partial charge in [-0.1, -0.05) is 12.1 Å². The first-order valence-corrected chi connectivity index (χ1v) is 8.94. The van der Waals surface area contributed by atoms with Crippen LogP contribution in [0.4, 0.5) is 21.8 Å². The molecular weight excluding hydrogens is 347 g/mol. The Labute approximate surface area is 157 Å². The van der Waals surface area contributed by atoms with E-state index in [-0.39, 0.29) is 13.3 Å². The topological polar surface area (TPSA) is 87.8 Å². The molecule has 0 bridgehead atoms. The summed E-state index contributed by atoms with van der Waals surface area (Å²) in [6.07, 6.45) is 1.83. The van der Waals surface area contributed by atoms with Crippen molar-refractivity contribution in [1.29, 1.82) is 0 Å². The predicted molar refractivity (Wildman–Crippen MR) is 104 cm³/mol. The number of anilines is 3. The van der Waals surface area contributed by atoms with Gasteiger partial charge < -0.3 is 15.4 Å². The lowest BCUT2D eigenvalue weighted by atomic mass is 10.1. The number of ether oxygens (including phenoxy) is 1. The molecule has 0 unspecified atom stereocenters. The molecule has 142 valence electrons. The van der Waals surface area contributed by atoms with Crippen LogP contribution in [0.25, 0.3) is 11.4 Å². The minimum Gasteiger partial charge on any atom is -0.381 e. The molecule has 0 aliphatic carbocycles. The van der Waals surface area contributed by atoms with Gasteiger partial charge in [-0.05, 0) is 31.9 Å². The van der Waals surface area contributed by atoms with Gasteiger partial charge in [-0.25, -0.2) is 14.4 Å². The second-order valence-electron chi connectivity index (χ2n) is 6.56. The standard InChI is InChI=1S/C19H21FN6O.H2/c1-12-9-18(26-25-12)22-17-11-16(21-15-5-7-27-8-6-15)23-19(24-17)13-3-2-4-14(20)10-13;/h2-4,9-11,15H,5-8H2,1H3,(H3,21,22,23,24,25,26);1H. The minimum atomic E-state index is -0.323. The highest BCUT2D eigenvalue weighted by molar-refractivity contribution is 5.64. The number of rotatable bonds is 5. The predicted octanol–water partition coefficient (Wildman–Crippen LogP) is 3.89. The first-order valence-electron chi connectivity index (χ1n) is 8.94. The number of aryl methyl sites for hydroxylation is 1. The minimum absolute atomic E-state index is 0. The van der Waals surface area contributed by atoms with E-state index in [0.29, 0.717) is 28.8 Å². The van der Waals surface area contributed by atoms with E-state index >= 15 is 0 Å². The fourth-order valence-electron chi connectivity index (χ4n) is 3.01. The average molecular weight is 370 g/mol. The summed E-state index contributed by atoms with van der Waals surface area (Å²) in [4.78, 5) is 9.12. The van der Waals surface area contributed by atoms with Crippen LogP contribution < -0.4 is 10.6 Å².